The predicted molar refractivity (Wildman–Crippen MR) is 87.6 cm³/mol. The van der Waals surface area contributed by atoms with E-state index in [1.807, 2.05) is 12.1 Å². The number of rotatable bonds is 5. The molecule has 0 fully saturated rings. The Kier molecular flexibility index (Phi) is 5.62. The molecule has 112 valence electrons. The molecule has 0 saturated carbocycles. The molecule has 1 N–H and O–H groups in total. The highest BCUT2D eigenvalue weighted by Gasteiger charge is 2.13. The van der Waals surface area contributed by atoms with Crippen molar-refractivity contribution < 1.29 is 9.13 Å². The van der Waals surface area contributed by atoms with E-state index in [1.165, 1.54) is 6.07 Å². The van der Waals surface area contributed by atoms with Crippen LogP contribution in [0.2, 0.25) is 5.02 Å². The molecule has 2 rings (SSSR count). The summed E-state index contributed by atoms with van der Waals surface area (Å²) in [6.07, 6.45) is 0. The Hall–Kier alpha value is -1.10. The average molecular weight is 373 g/mol. The molecule has 0 bridgehead atoms. The van der Waals surface area contributed by atoms with Gasteiger partial charge in [-0.3, -0.25) is 0 Å². The molecular formula is C16H16BrClFNO. The lowest BCUT2D eigenvalue weighted by molar-refractivity contribution is 0.434. The largest absolute Gasteiger partial charge is 0.452 e. The first-order valence-electron chi connectivity index (χ1n) is 6.61. The lowest BCUT2D eigenvalue weighted by Crippen LogP contribution is -2.22. The molecule has 2 aromatic rings. The fourth-order valence-corrected chi connectivity index (χ4v) is 2.36. The summed E-state index contributed by atoms with van der Waals surface area (Å²) in [6, 6.07) is 10.4. The highest BCUT2D eigenvalue weighted by atomic mass is 79.9. The van der Waals surface area contributed by atoms with Crippen molar-refractivity contribution in [3.8, 4) is 11.5 Å². The highest BCUT2D eigenvalue weighted by molar-refractivity contribution is 9.10. The van der Waals surface area contributed by atoms with Crippen molar-refractivity contribution in [1.82, 2.24) is 5.32 Å². The zero-order valence-corrected chi connectivity index (χ0v) is 14.1. The van der Waals surface area contributed by atoms with Gasteiger partial charge in [0.15, 0.2) is 17.3 Å². The maximum Gasteiger partial charge on any atom is 0.165 e. The van der Waals surface area contributed by atoms with Crippen LogP contribution in [0.1, 0.15) is 19.4 Å². The minimum absolute atomic E-state index is 0.142. The first-order valence-corrected chi connectivity index (χ1v) is 7.78. The summed E-state index contributed by atoms with van der Waals surface area (Å²) in [5.41, 5.74) is 0.885. The molecule has 0 radical (unpaired) electrons. The van der Waals surface area contributed by atoms with Crippen molar-refractivity contribution in [3.63, 3.8) is 0 Å². The van der Waals surface area contributed by atoms with Crippen molar-refractivity contribution in [3.05, 3.63) is 57.3 Å². The molecule has 0 heterocycles. The van der Waals surface area contributed by atoms with E-state index in [-0.39, 0.29) is 5.75 Å². The van der Waals surface area contributed by atoms with Crippen LogP contribution in [0.25, 0.3) is 0 Å². The Bertz CT molecular complexity index is 634. The first kappa shape index (κ1) is 16.3. The third kappa shape index (κ3) is 4.43. The molecule has 5 heteroatoms. The predicted octanol–water partition coefficient (Wildman–Crippen LogP) is 5.53. The topological polar surface area (TPSA) is 21.3 Å². The number of nitrogens with one attached hydrogen (secondary N) is 1. The van der Waals surface area contributed by atoms with Crippen molar-refractivity contribution >= 4 is 27.5 Å². The van der Waals surface area contributed by atoms with E-state index in [9.17, 15) is 4.39 Å². The fourth-order valence-electron chi connectivity index (χ4n) is 1.79. The summed E-state index contributed by atoms with van der Waals surface area (Å²) >= 11 is 9.50. The molecule has 2 aromatic carbocycles. The molecule has 0 aromatic heterocycles. The lowest BCUT2D eigenvalue weighted by Gasteiger charge is -2.15. The molecular weight excluding hydrogens is 357 g/mol. The second-order valence-electron chi connectivity index (χ2n) is 4.94. The third-order valence-electron chi connectivity index (χ3n) is 2.85. The van der Waals surface area contributed by atoms with E-state index >= 15 is 0 Å². The summed E-state index contributed by atoms with van der Waals surface area (Å²) in [4.78, 5) is 0. The van der Waals surface area contributed by atoms with Gasteiger partial charge >= 0.3 is 0 Å². The van der Waals surface area contributed by atoms with Gasteiger partial charge in [-0.25, -0.2) is 4.39 Å². The van der Waals surface area contributed by atoms with Gasteiger partial charge < -0.3 is 10.1 Å². The molecule has 2 nitrogen and oxygen atoms in total. The van der Waals surface area contributed by atoms with E-state index in [4.69, 9.17) is 16.3 Å². The quantitative estimate of drug-likeness (QED) is 0.745. The fraction of sp³-hybridized carbons (Fsp3) is 0.250. The van der Waals surface area contributed by atoms with Gasteiger partial charge in [-0.2, -0.15) is 0 Å². The number of halogens is 3. The van der Waals surface area contributed by atoms with E-state index in [2.05, 4.69) is 35.1 Å². The number of ether oxygens (including phenoxy) is 1. The average Bonchev–Trinajstić information content (AvgIpc) is 2.43. The van der Waals surface area contributed by atoms with Gasteiger partial charge in [-0.1, -0.05) is 53.5 Å². The van der Waals surface area contributed by atoms with Crippen LogP contribution in [0.4, 0.5) is 4.39 Å². The van der Waals surface area contributed by atoms with Gasteiger partial charge in [-0.15, -0.1) is 0 Å². The zero-order valence-electron chi connectivity index (χ0n) is 11.8. The van der Waals surface area contributed by atoms with E-state index in [0.29, 0.717) is 23.4 Å². The molecule has 0 atom stereocenters. The summed E-state index contributed by atoms with van der Waals surface area (Å²) in [5, 5.41) is 3.76. The van der Waals surface area contributed by atoms with Gasteiger partial charge in [0.05, 0.1) is 5.02 Å². The zero-order chi connectivity index (χ0) is 15.4. The second kappa shape index (κ2) is 7.25. The summed E-state index contributed by atoms with van der Waals surface area (Å²) < 4.78 is 20.3. The summed E-state index contributed by atoms with van der Waals surface area (Å²) in [5.74, 6) is 0.188. The number of hydrogen-bond acceptors (Lipinski definition) is 2. The molecule has 0 aliphatic rings. The molecule has 0 aliphatic heterocycles. The van der Waals surface area contributed by atoms with Crippen LogP contribution in [0.3, 0.4) is 0 Å². The van der Waals surface area contributed by atoms with Crippen molar-refractivity contribution in [2.45, 2.75) is 26.4 Å². The number of benzene rings is 2. The standard InChI is InChI=1S/C16H16BrClFNO/c1-10(2)20-9-11-4-3-5-13(18)16(11)21-15-8-12(17)6-7-14(15)19/h3-8,10,20H,9H2,1-2H3. The van der Waals surface area contributed by atoms with Crippen LogP contribution in [0.15, 0.2) is 40.9 Å². The van der Waals surface area contributed by atoms with Crippen LogP contribution in [-0.4, -0.2) is 6.04 Å². The normalized spacial score (nSPS) is 11.0. The SMILES string of the molecule is CC(C)NCc1cccc(Cl)c1Oc1cc(Br)ccc1F. The minimum Gasteiger partial charge on any atom is -0.452 e. The van der Waals surface area contributed by atoms with Crippen LogP contribution in [0.5, 0.6) is 11.5 Å². The van der Waals surface area contributed by atoms with Gasteiger partial charge in [-0.05, 0) is 24.3 Å². The minimum atomic E-state index is -0.430. The molecule has 0 unspecified atom stereocenters. The number of hydrogen-bond donors (Lipinski definition) is 1. The summed E-state index contributed by atoms with van der Waals surface area (Å²) in [7, 11) is 0. The van der Waals surface area contributed by atoms with E-state index in [1.54, 1.807) is 18.2 Å². The van der Waals surface area contributed by atoms with Crippen LogP contribution < -0.4 is 10.1 Å². The van der Waals surface area contributed by atoms with Gasteiger partial charge in [0.1, 0.15) is 0 Å². The third-order valence-corrected chi connectivity index (χ3v) is 3.65. The van der Waals surface area contributed by atoms with Crippen LogP contribution in [0, 0.1) is 5.82 Å². The maximum atomic E-state index is 13.8. The lowest BCUT2D eigenvalue weighted by atomic mass is 10.2. The van der Waals surface area contributed by atoms with Crippen LogP contribution in [-0.2, 0) is 6.54 Å². The molecule has 0 aliphatic carbocycles. The van der Waals surface area contributed by atoms with Crippen LogP contribution >= 0.6 is 27.5 Å². The van der Waals surface area contributed by atoms with Gasteiger partial charge in [0.2, 0.25) is 0 Å². The van der Waals surface area contributed by atoms with Gasteiger partial charge in [0, 0.05) is 22.6 Å². The number of para-hydroxylation sites is 1. The molecule has 0 saturated heterocycles. The Morgan fingerprint density at radius 2 is 2.05 bits per heavy atom. The summed E-state index contributed by atoms with van der Waals surface area (Å²) in [6.45, 7) is 4.71. The Balaban J connectivity index is 2.32. The Labute approximate surface area is 137 Å². The monoisotopic (exact) mass is 371 g/mol. The molecule has 0 spiro atoms. The Morgan fingerprint density at radius 3 is 2.76 bits per heavy atom. The molecule has 0 amide bonds. The smallest absolute Gasteiger partial charge is 0.165 e. The highest BCUT2D eigenvalue weighted by Crippen LogP contribution is 2.35. The second-order valence-corrected chi connectivity index (χ2v) is 6.26. The van der Waals surface area contributed by atoms with Crippen molar-refractivity contribution in [1.29, 1.82) is 0 Å². The molecule has 21 heavy (non-hydrogen) atoms. The van der Waals surface area contributed by atoms with Crippen molar-refractivity contribution in [2.24, 2.45) is 0 Å². The van der Waals surface area contributed by atoms with Gasteiger partial charge in [0.25, 0.3) is 0 Å². The van der Waals surface area contributed by atoms with E-state index in [0.717, 1.165) is 10.0 Å². The first-order chi connectivity index (χ1) is 9.97. The maximum absolute atomic E-state index is 13.8. The Morgan fingerprint density at radius 1 is 1.29 bits per heavy atom. The van der Waals surface area contributed by atoms with Crippen molar-refractivity contribution in [2.75, 3.05) is 0 Å². The van der Waals surface area contributed by atoms with E-state index < -0.39 is 5.82 Å².